The second kappa shape index (κ2) is 7.40. The lowest BCUT2D eigenvalue weighted by Crippen LogP contribution is -2.03. The van der Waals surface area contributed by atoms with Crippen LogP contribution in [0.15, 0.2) is 65.5 Å². The molecule has 0 atom stereocenters. The van der Waals surface area contributed by atoms with E-state index in [-0.39, 0.29) is 5.82 Å². The van der Waals surface area contributed by atoms with Crippen LogP contribution in [0, 0.1) is 5.82 Å². The summed E-state index contributed by atoms with van der Waals surface area (Å²) in [5.74, 6) is -0.0866. The van der Waals surface area contributed by atoms with Crippen LogP contribution in [0.4, 0.5) is 15.9 Å². The Kier molecular flexibility index (Phi) is 4.79. The Morgan fingerprint density at radius 2 is 2.00 bits per heavy atom. The average Bonchev–Trinajstić information content (AvgIpc) is 3.06. The largest absolute Gasteiger partial charge is 0.465 e. The highest BCUT2D eigenvalue weighted by Gasteiger charge is 2.16. The standard InChI is InChI=1S/C20H14BrFN4O2/c1-28-20(27)13-3-2-4-15(9-13)24-19-18(12-5-7-14(22)8-6-12)25-17-10-23-16(21)11-26(17)19/h2-11,24H,1H3. The number of carbonyl (C=O) groups excluding carboxylic acids is 1. The van der Waals surface area contributed by atoms with Gasteiger partial charge in [-0.3, -0.25) is 4.40 Å². The van der Waals surface area contributed by atoms with Crippen molar-refractivity contribution in [1.29, 1.82) is 0 Å². The number of esters is 1. The Balaban J connectivity index is 1.85. The van der Waals surface area contributed by atoms with Gasteiger partial charge in [-0.2, -0.15) is 0 Å². The third-order valence-corrected chi connectivity index (χ3v) is 4.55. The lowest BCUT2D eigenvalue weighted by atomic mass is 10.1. The van der Waals surface area contributed by atoms with Crippen LogP contribution in [0.1, 0.15) is 10.4 Å². The average molecular weight is 441 g/mol. The number of benzene rings is 2. The van der Waals surface area contributed by atoms with Crippen molar-refractivity contribution < 1.29 is 13.9 Å². The van der Waals surface area contributed by atoms with Gasteiger partial charge < -0.3 is 10.1 Å². The number of hydrogen-bond acceptors (Lipinski definition) is 5. The van der Waals surface area contributed by atoms with Gasteiger partial charge in [0.05, 0.1) is 18.9 Å². The summed E-state index contributed by atoms with van der Waals surface area (Å²) in [6.45, 7) is 0. The molecule has 0 aliphatic carbocycles. The van der Waals surface area contributed by atoms with Crippen LogP contribution in [0.2, 0.25) is 0 Å². The summed E-state index contributed by atoms with van der Waals surface area (Å²) >= 11 is 3.37. The zero-order valence-electron chi connectivity index (χ0n) is 14.7. The normalized spacial score (nSPS) is 10.8. The summed E-state index contributed by atoms with van der Waals surface area (Å²) in [4.78, 5) is 20.7. The maximum atomic E-state index is 13.4. The first-order valence-corrected chi connectivity index (χ1v) is 9.09. The van der Waals surface area contributed by atoms with Crippen molar-refractivity contribution in [3.05, 3.63) is 76.9 Å². The van der Waals surface area contributed by atoms with Crippen molar-refractivity contribution in [3.63, 3.8) is 0 Å². The monoisotopic (exact) mass is 440 g/mol. The molecule has 0 spiro atoms. The molecule has 0 aliphatic heterocycles. The molecule has 0 radical (unpaired) electrons. The molecule has 4 aromatic rings. The minimum absolute atomic E-state index is 0.322. The third-order valence-electron chi connectivity index (χ3n) is 4.14. The SMILES string of the molecule is COC(=O)c1cccc(Nc2c(-c3ccc(F)cc3)nc3cnc(Br)cn23)c1. The number of rotatable bonds is 4. The number of imidazole rings is 1. The summed E-state index contributed by atoms with van der Waals surface area (Å²) in [7, 11) is 1.34. The Hall–Kier alpha value is -3.26. The molecule has 1 N–H and O–H groups in total. The molecule has 0 saturated heterocycles. The van der Waals surface area contributed by atoms with E-state index in [1.807, 2.05) is 10.5 Å². The predicted octanol–water partition coefficient (Wildman–Crippen LogP) is 4.83. The quantitative estimate of drug-likeness (QED) is 0.460. The van der Waals surface area contributed by atoms with E-state index in [2.05, 4.69) is 31.2 Å². The summed E-state index contributed by atoms with van der Waals surface area (Å²) in [6.07, 6.45) is 3.41. The van der Waals surface area contributed by atoms with Crippen LogP contribution in [0.25, 0.3) is 16.9 Å². The van der Waals surface area contributed by atoms with Crippen LogP contribution < -0.4 is 5.32 Å². The number of aromatic nitrogens is 3. The van der Waals surface area contributed by atoms with Gasteiger partial charge in [0.1, 0.15) is 21.9 Å². The zero-order chi connectivity index (χ0) is 19.7. The second-order valence-electron chi connectivity index (χ2n) is 5.95. The van der Waals surface area contributed by atoms with Gasteiger partial charge in [-0.1, -0.05) is 6.07 Å². The minimum Gasteiger partial charge on any atom is -0.465 e. The molecule has 2 aromatic heterocycles. The van der Waals surface area contributed by atoms with E-state index in [1.165, 1.54) is 19.2 Å². The summed E-state index contributed by atoms with van der Waals surface area (Å²) in [5.41, 5.74) is 3.10. The van der Waals surface area contributed by atoms with Crippen molar-refractivity contribution in [2.45, 2.75) is 0 Å². The molecule has 0 fully saturated rings. The number of nitrogens with zero attached hydrogens (tertiary/aromatic N) is 3. The molecule has 0 saturated carbocycles. The Labute approximate surface area is 168 Å². The van der Waals surface area contributed by atoms with Gasteiger partial charge in [0.2, 0.25) is 0 Å². The van der Waals surface area contributed by atoms with E-state index in [1.54, 1.807) is 42.7 Å². The summed E-state index contributed by atoms with van der Waals surface area (Å²) in [6, 6.07) is 13.0. The fourth-order valence-electron chi connectivity index (χ4n) is 2.84. The van der Waals surface area contributed by atoms with Crippen LogP contribution in [-0.2, 0) is 4.74 Å². The van der Waals surface area contributed by atoms with Gasteiger partial charge in [0.25, 0.3) is 0 Å². The number of ether oxygens (including phenoxy) is 1. The number of carbonyl (C=O) groups is 1. The maximum absolute atomic E-state index is 13.4. The van der Waals surface area contributed by atoms with Crippen LogP contribution in [0.3, 0.4) is 0 Å². The van der Waals surface area contributed by atoms with E-state index in [0.717, 1.165) is 5.56 Å². The number of hydrogen-bond donors (Lipinski definition) is 1. The second-order valence-corrected chi connectivity index (χ2v) is 6.76. The summed E-state index contributed by atoms with van der Waals surface area (Å²) < 4.78 is 20.6. The van der Waals surface area contributed by atoms with Gasteiger partial charge in [-0.05, 0) is 58.4 Å². The molecule has 2 heterocycles. The number of nitrogens with one attached hydrogen (secondary N) is 1. The molecule has 2 aromatic carbocycles. The maximum Gasteiger partial charge on any atom is 0.337 e. The molecule has 4 rings (SSSR count). The Bertz CT molecular complexity index is 1170. The van der Waals surface area contributed by atoms with Gasteiger partial charge in [0.15, 0.2) is 5.65 Å². The van der Waals surface area contributed by atoms with E-state index >= 15 is 0 Å². The fourth-order valence-corrected chi connectivity index (χ4v) is 3.15. The van der Waals surface area contributed by atoms with Crippen molar-refractivity contribution in [1.82, 2.24) is 14.4 Å². The molecule has 0 bridgehead atoms. The predicted molar refractivity (Wildman–Crippen MR) is 107 cm³/mol. The lowest BCUT2D eigenvalue weighted by Gasteiger charge is -2.10. The van der Waals surface area contributed by atoms with E-state index < -0.39 is 5.97 Å². The number of anilines is 2. The van der Waals surface area contributed by atoms with Crippen molar-refractivity contribution in [3.8, 4) is 11.3 Å². The number of methoxy groups -OCH3 is 1. The van der Waals surface area contributed by atoms with Gasteiger partial charge >= 0.3 is 5.97 Å². The van der Waals surface area contributed by atoms with E-state index in [0.29, 0.717) is 33.0 Å². The van der Waals surface area contributed by atoms with Crippen LogP contribution in [-0.4, -0.2) is 27.4 Å². The highest BCUT2D eigenvalue weighted by molar-refractivity contribution is 9.10. The molecule has 0 aliphatic rings. The zero-order valence-corrected chi connectivity index (χ0v) is 16.3. The summed E-state index contributed by atoms with van der Waals surface area (Å²) in [5, 5.41) is 3.31. The van der Waals surface area contributed by atoms with Gasteiger partial charge in [0, 0.05) is 17.4 Å². The molecular formula is C20H14BrFN4O2. The molecular weight excluding hydrogens is 427 g/mol. The Morgan fingerprint density at radius 3 is 2.75 bits per heavy atom. The van der Waals surface area contributed by atoms with Crippen LogP contribution >= 0.6 is 15.9 Å². The first kappa shape index (κ1) is 18.1. The first-order valence-electron chi connectivity index (χ1n) is 8.30. The molecule has 0 unspecified atom stereocenters. The van der Waals surface area contributed by atoms with E-state index in [9.17, 15) is 9.18 Å². The molecule has 8 heteroatoms. The van der Waals surface area contributed by atoms with Gasteiger partial charge in [-0.25, -0.2) is 19.2 Å². The number of fused-ring (bicyclic) bond motifs is 1. The third kappa shape index (κ3) is 3.46. The van der Waals surface area contributed by atoms with E-state index in [4.69, 9.17) is 4.74 Å². The fraction of sp³-hybridized carbons (Fsp3) is 0.0500. The Morgan fingerprint density at radius 1 is 1.21 bits per heavy atom. The number of halogens is 2. The highest BCUT2D eigenvalue weighted by atomic mass is 79.9. The molecule has 6 nitrogen and oxygen atoms in total. The topological polar surface area (TPSA) is 68.5 Å². The minimum atomic E-state index is -0.424. The van der Waals surface area contributed by atoms with Crippen molar-refractivity contribution in [2.24, 2.45) is 0 Å². The van der Waals surface area contributed by atoms with Gasteiger partial charge in [-0.15, -0.1) is 0 Å². The molecule has 140 valence electrons. The lowest BCUT2D eigenvalue weighted by molar-refractivity contribution is 0.0601. The smallest absolute Gasteiger partial charge is 0.337 e. The highest BCUT2D eigenvalue weighted by Crippen LogP contribution is 2.32. The molecule has 0 amide bonds. The van der Waals surface area contributed by atoms with Crippen molar-refractivity contribution in [2.75, 3.05) is 12.4 Å². The molecule has 28 heavy (non-hydrogen) atoms. The first-order chi connectivity index (χ1) is 13.5. The van der Waals surface area contributed by atoms with Crippen molar-refractivity contribution >= 4 is 39.1 Å². The van der Waals surface area contributed by atoms with Crippen LogP contribution in [0.5, 0.6) is 0 Å².